The minimum absolute atomic E-state index is 0.352. The molecule has 2 aromatic rings. The van der Waals surface area contributed by atoms with E-state index in [0.717, 1.165) is 29.9 Å². The van der Waals surface area contributed by atoms with Crippen molar-refractivity contribution in [3.05, 3.63) is 47.5 Å². The molecule has 4 heteroatoms. The van der Waals surface area contributed by atoms with Crippen LogP contribution in [0.25, 0.3) is 0 Å². The number of aromatic nitrogens is 2. The summed E-state index contributed by atoms with van der Waals surface area (Å²) in [7, 11) is 1.99. The lowest BCUT2D eigenvalue weighted by Gasteiger charge is -2.08. The number of aryl methyl sites for hydroxylation is 2. The summed E-state index contributed by atoms with van der Waals surface area (Å²) in [6.07, 6.45) is 4.64. The number of hydrogen-bond acceptors (Lipinski definition) is 3. The first-order valence-corrected chi connectivity index (χ1v) is 6.12. The SMILES string of the molecule is Cc1ccc(O)c(CNCCc2nccn2C)c1. The summed E-state index contributed by atoms with van der Waals surface area (Å²) in [5.41, 5.74) is 2.10. The highest BCUT2D eigenvalue weighted by atomic mass is 16.3. The fourth-order valence-corrected chi connectivity index (χ4v) is 1.92. The molecule has 0 amide bonds. The molecule has 0 aliphatic heterocycles. The maximum atomic E-state index is 9.71. The van der Waals surface area contributed by atoms with E-state index in [0.29, 0.717) is 12.3 Å². The summed E-state index contributed by atoms with van der Waals surface area (Å²) in [6.45, 7) is 3.55. The third-order valence-corrected chi connectivity index (χ3v) is 3.00. The molecule has 0 fully saturated rings. The number of nitrogens with one attached hydrogen (secondary N) is 1. The molecule has 0 radical (unpaired) electrons. The number of phenolic OH excluding ortho intramolecular Hbond substituents is 1. The Balaban J connectivity index is 1.82. The van der Waals surface area contributed by atoms with Crippen molar-refractivity contribution in [2.24, 2.45) is 7.05 Å². The van der Waals surface area contributed by atoms with Gasteiger partial charge >= 0.3 is 0 Å². The predicted octanol–water partition coefficient (Wildman–Crippen LogP) is 1.77. The van der Waals surface area contributed by atoms with Crippen LogP contribution >= 0.6 is 0 Å². The van der Waals surface area contributed by atoms with Gasteiger partial charge in [0.1, 0.15) is 11.6 Å². The summed E-state index contributed by atoms with van der Waals surface area (Å²) < 4.78 is 2.02. The number of phenols is 1. The molecule has 18 heavy (non-hydrogen) atoms. The van der Waals surface area contributed by atoms with Crippen molar-refractivity contribution in [1.82, 2.24) is 14.9 Å². The zero-order chi connectivity index (χ0) is 13.0. The average Bonchev–Trinajstić information content (AvgIpc) is 2.75. The Hall–Kier alpha value is -1.81. The normalized spacial score (nSPS) is 10.8. The van der Waals surface area contributed by atoms with Crippen LogP contribution in [-0.4, -0.2) is 21.2 Å². The molecule has 4 nitrogen and oxygen atoms in total. The van der Waals surface area contributed by atoms with Crippen LogP contribution in [0.3, 0.4) is 0 Å². The van der Waals surface area contributed by atoms with Gasteiger partial charge in [-0.1, -0.05) is 17.7 Å². The summed E-state index contributed by atoms with van der Waals surface area (Å²) in [4.78, 5) is 4.27. The van der Waals surface area contributed by atoms with E-state index in [9.17, 15) is 5.11 Å². The number of aromatic hydroxyl groups is 1. The maximum Gasteiger partial charge on any atom is 0.120 e. The molecular weight excluding hydrogens is 226 g/mol. The molecule has 0 bridgehead atoms. The monoisotopic (exact) mass is 245 g/mol. The van der Waals surface area contributed by atoms with E-state index in [1.165, 1.54) is 0 Å². The number of benzene rings is 1. The van der Waals surface area contributed by atoms with Gasteiger partial charge in [-0.05, 0) is 13.0 Å². The van der Waals surface area contributed by atoms with Crippen LogP contribution in [0.5, 0.6) is 5.75 Å². The number of rotatable bonds is 5. The van der Waals surface area contributed by atoms with Crippen LogP contribution in [0, 0.1) is 6.92 Å². The van der Waals surface area contributed by atoms with Crippen molar-refractivity contribution in [3.8, 4) is 5.75 Å². The Kier molecular flexibility index (Phi) is 3.99. The minimum Gasteiger partial charge on any atom is -0.508 e. The molecule has 0 aliphatic rings. The van der Waals surface area contributed by atoms with E-state index in [1.54, 1.807) is 6.07 Å². The molecule has 1 aromatic carbocycles. The van der Waals surface area contributed by atoms with Crippen molar-refractivity contribution in [2.75, 3.05) is 6.54 Å². The van der Waals surface area contributed by atoms with Crippen LogP contribution in [0.2, 0.25) is 0 Å². The van der Waals surface area contributed by atoms with Crippen molar-refractivity contribution in [2.45, 2.75) is 19.9 Å². The third-order valence-electron chi connectivity index (χ3n) is 3.00. The van der Waals surface area contributed by atoms with Gasteiger partial charge in [0.15, 0.2) is 0 Å². The first kappa shape index (κ1) is 12.6. The number of imidazole rings is 1. The third kappa shape index (κ3) is 3.11. The standard InChI is InChI=1S/C14H19N3O/c1-11-3-4-13(18)12(9-11)10-15-6-5-14-16-7-8-17(14)2/h3-4,7-9,15,18H,5-6,10H2,1-2H3. The quantitative estimate of drug-likeness (QED) is 0.789. The minimum atomic E-state index is 0.352. The average molecular weight is 245 g/mol. The number of hydrogen-bond donors (Lipinski definition) is 2. The second kappa shape index (κ2) is 5.69. The van der Waals surface area contributed by atoms with E-state index in [4.69, 9.17) is 0 Å². The van der Waals surface area contributed by atoms with Gasteiger partial charge in [0.05, 0.1) is 0 Å². The molecule has 0 saturated carbocycles. The fourth-order valence-electron chi connectivity index (χ4n) is 1.92. The van der Waals surface area contributed by atoms with E-state index in [1.807, 2.05) is 43.1 Å². The highest BCUT2D eigenvalue weighted by molar-refractivity contribution is 5.35. The largest absolute Gasteiger partial charge is 0.508 e. The van der Waals surface area contributed by atoms with E-state index < -0.39 is 0 Å². The predicted molar refractivity (Wildman–Crippen MR) is 71.5 cm³/mol. The summed E-state index contributed by atoms with van der Waals surface area (Å²) in [5, 5.41) is 13.0. The van der Waals surface area contributed by atoms with Crippen molar-refractivity contribution in [3.63, 3.8) is 0 Å². The Bertz CT molecular complexity index is 520. The second-order valence-electron chi connectivity index (χ2n) is 4.51. The van der Waals surface area contributed by atoms with Crippen LogP contribution in [0.1, 0.15) is 17.0 Å². The van der Waals surface area contributed by atoms with Gasteiger partial charge < -0.3 is 15.0 Å². The van der Waals surface area contributed by atoms with Gasteiger partial charge in [0.2, 0.25) is 0 Å². The molecule has 0 unspecified atom stereocenters. The summed E-state index contributed by atoms with van der Waals surface area (Å²) >= 11 is 0. The summed E-state index contributed by atoms with van der Waals surface area (Å²) in [5.74, 6) is 1.42. The van der Waals surface area contributed by atoms with Crippen molar-refractivity contribution >= 4 is 0 Å². The molecule has 1 aromatic heterocycles. The van der Waals surface area contributed by atoms with E-state index >= 15 is 0 Å². The van der Waals surface area contributed by atoms with Crippen molar-refractivity contribution in [1.29, 1.82) is 0 Å². The smallest absolute Gasteiger partial charge is 0.120 e. The maximum absolute atomic E-state index is 9.71. The lowest BCUT2D eigenvalue weighted by Crippen LogP contribution is -2.18. The van der Waals surface area contributed by atoms with Gasteiger partial charge in [-0.25, -0.2) is 4.98 Å². The molecule has 0 spiro atoms. The second-order valence-corrected chi connectivity index (χ2v) is 4.51. The first-order chi connectivity index (χ1) is 8.66. The molecule has 1 heterocycles. The molecular formula is C14H19N3O. The van der Waals surface area contributed by atoms with Gasteiger partial charge in [-0.2, -0.15) is 0 Å². The first-order valence-electron chi connectivity index (χ1n) is 6.12. The molecule has 0 aliphatic carbocycles. The topological polar surface area (TPSA) is 50.1 Å². The van der Waals surface area contributed by atoms with Crippen LogP contribution < -0.4 is 5.32 Å². The Labute approximate surface area is 107 Å². The Morgan fingerprint density at radius 2 is 2.22 bits per heavy atom. The number of nitrogens with zero attached hydrogens (tertiary/aromatic N) is 2. The fraction of sp³-hybridized carbons (Fsp3) is 0.357. The van der Waals surface area contributed by atoms with Crippen LogP contribution in [0.15, 0.2) is 30.6 Å². The zero-order valence-electron chi connectivity index (χ0n) is 10.8. The van der Waals surface area contributed by atoms with Crippen LogP contribution in [0.4, 0.5) is 0 Å². The van der Waals surface area contributed by atoms with Gasteiger partial charge in [-0.15, -0.1) is 0 Å². The molecule has 2 rings (SSSR count). The summed E-state index contributed by atoms with van der Waals surface area (Å²) in [6, 6.07) is 5.65. The van der Waals surface area contributed by atoms with Crippen molar-refractivity contribution < 1.29 is 5.11 Å². The molecule has 0 saturated heterocycles. The van der Waals surface area contributed by atoms with E-state index in [2.05, 4.69) is 10.3 Å². The lowest BCUT2D eigenvalue weighted by molar-refractivity contribution is 0.464. The zero-order valence-corrected chi connectivity index (χ0v) is 10.8. The lowest BCUT2D eigenvalue weighted by atomic mass is 10.1. The molecule has 2 N–H and O–H groups in total. The van der Waals surface area contributed by atoms with E-state index in [-0.39, 0.29) is 0 Å². The van der Waals surface area contributed by atoms with Gasteiger partial charge in [0, 0.05) is 44.5 Å². The molecule has 0 atom stereocenters. The van der Waals surface area contributed by atoms with Gasteiger partial charge in [-0.3, -0.25) is 0 Å². The molecule has 96 valence electrons. The van der Waals surface area contributed by atoms with Gasteiger partial charge in [0.25, 0.3) is 0 Å². The highest BCUT2D eigenvalue weighted by Crippen LogP contribution is 2.17. The Morgan fingerprint density at radius 1 is 1.39 bits per heavy atom. The Morgan fingerprint density at radius 3 is 2.94 bits per heavy atom. The highest BCUT2D eigenvalue weighted by Gasteiger charge is 2.02. The van der Waals surface area contributed by atoms with Crippen LogP contribution in [-0.2, 0) is 20.0 Å².